The van der Waals surface area contributed by atoms with Gasteiger partial charge < -0.3 is 16.4 Å². The molecule has 40 heavy (non-hydrogen) atoms. The van der Waals surface area contributed by atoms with Crippen LogP contribution in [0.15, 0.2) is 89.8 Å². The van der Waals surface area contributed by atoms with Crippen LogP contribution in [0.25, 0.3) is 10.8 Å². The monoisotopic (exact) mass is 576 g/mol. The van der Waals surface area contributed by atoms with Crippen molar-refractivity contribution < 1.29 is 22.8 Å². The third kappa shape index (κ3) is 5.49. The Hall–Kier alpha value is -4.41. The highest BCUT2D eigenvalue weighted by molar-refractivity contribution is 7.93. The van der Waals surface area contributed by atoms with E-state index in [0.717, 1.165) is 20.6 Å². The van der Waals surface area contributed by atoms with Crippen LogP contribution in [-0.4, -0.2) is 38.7 Å². The van der Waals surface area contributed by atoms with Gasteiger partial charge in [0.2, 0.25) is 17.7 Å². The number of hydrogen-bond donors (Lipinski definition) is 3. The van der Waals surface area contributed by atoms with Gasteiger partial charge in [-0.1, -0.05) is 54.1 Å². The number of carbonyl (C=O) groups is 3. The molecular weight excluding hydrogens is 552 g/mol. The van der Waals surface area contributed by atoms with E-state index in [1.165, 1.54) is 18.2 Å². The molecule has 0 radical (unpaired) electrons. The fourth-order valence-electron chi connectivity index (χ4n) is 4.63. The minimum Gasteiger partial charge on any atom is -0.366 e. The lowest BCUT2D eigenvalue weighted by Gasteiger charge is -2.36. The van der Waals surface area contributed by atoms with E-state index in [9.17, 15) is 22.8 Å². The van der Waals surface area contributed by atoms with Crippen molar-refractivity contribution in [2.45, 2.75) is 23.8 Å². The quantitative estimate of drug-likeness (QED) is 0.292. The minimum absolute atomic E-state index is 0.0170. The summed E-state index contributed by atoms with van der Waals surface area (Å²) in [6, 6.07) is 21.9. The molecule has 5 rings (SSSR count). The van der Waals surface area contributed by atoms with Gasteiger partial charge in [0, 0.05) is 17.1 Å². The lowest BCUT2D eigenvalue weighted by molar-refractivity contribution is -0.125. The lowest BCUT2D eigenvalue weighted by Crippen LogP contribution is -2.52. The molecule has 0 saturated heterocycles. The predicted octanol–water partition coefficient (Wildman–Crippen LogP) is 3.86. The maximum Gasteiger partial charge on any atom is 0.265 e. The van der Waals surface area contributed by atoms with Crippen molar-refractivity contribution >= 4 is 61.5 Å². The Bertz CT molecular complexity index is 1740. The molecule has 9 nitrogen and oxygen atoms in total. The molecule has 0 fully saturated rings. The average Bonchev–Trinajstić information content (AvgIpc) is 2.93. The average molecular weight is 577 g/mol. The Morgan fingerprint density at radius 1 is 0.950 bits per heavy atom. The Morgan fingerprint density at radius 2 is 1.68 bits per heavy atom. The van der Waals surface area contributed by atoms with Gasteiger partial charge in [-0.15, -0.1) is 0 Å². The maximum absolute atomic E-state index is 14.1. The molecule has 4 aromatic carbocycles. The normalized spacial score (nSPS) is 14.9. The molecular formula is C29H25ClN4O5S. The fraction of sp³-hybridized carbons (Fsp3) is 0.138. The molecule has 0 bridgehead atoms. The second-order valence-corrected chi connectivity index (χ2v) is 11.6. The van der Waals surface area contributed by atoms with Crippen molar-refractivity contribution in [2.24, 2.45) is 5.73 Å². The zero-order valence-electron chi connectivity index (χ0n) is 21.1. The van der Waals surface area contributed by atoms with E-state index in [2.05, 4.69) is 10.6 Å². The second-order valence-electron chi connectivity index (χ2n) is 9.34. The first kappa shape index (κ1) is 27.2. The number of nitrogens with two attached hydrogens (primary N) is 1. The summed E-state index contributed by atoms with van der Waals surface area (Å²) in [6.45, 7) is 0.239. The highest BCUT2D eigenvalue weighted by Crippen LogP contribution is 2.39. The molecule has 4 N–H and O–H groups in total. The molecule has 11 heteroatoms. The first-order valence-corrected chi connectivity index (χ1v) is 14.2. The van der Waals surface area contributed by atoms with Crippen molar-refractivity contribution in [3.8, 4) is 0 Å². The van der Waals surface area contributed by atoms with E-state index >= 15 is 0 Å². The molecule has 0 aliphatic carbocycles. The van der Waals surface area contributed by atoms with Gasteiger partial charge in [-0.3, -0.25) is 18.7 Å². The SMILES string of the molecule is NC(=O)c1ccc(CCNC(=O)C[C@@H]2C(=O)Nc3ccc(Cl)cc3N2S(=O)(=O)c2ccc3ccccc3c2)cc1. The molecule has 1 aliphatic rings. The second kappa shape index (κ2) is 11.0. The number of halogens is 1. The van der Waals surface area contributed by atoms with Crippen molar-refractivity contribution in [2.75, 3.05) is 16.2 Å². The summed E-state index contributed by atoms with van der Waals surface area (Å²) in [6.07, 6.45) is 0.0460. The number of hydrogen-bond acceptors (Lipinski definition) is 5. The number of anilines is 2. The topological polar surface area (TPSA) is 139 Å². The predicted molar refractivity (Wildman–Crippen MR) is 154 cm³/mol. The molecule has 1 aliphatic heterocycles. The van der Waals surface area contributed by atoms with Crippen LogP contribution in [0.1, 0.15) is 22.3 Å². The third-order valence-corrected chi connectivity index (χ3v) is 8.73. The standard InChI is InChI=1S/C29H25ClN4O5S/c30-22-10-12-24-25(16-22)34(40(38,39)23-11-9-19-3-1-2-4-21(19)15-23)26(29(37)33-24)17-27(35)32-14-13-18-5-7-20(8-6-18)28(31)36/h1-12,15-16,26H,13-14,17H2,(H2,31,36)(H,32,35)(H,33,37)/t26-/m1/s1. The summed E-state index contributed by atoms with van der Waals surface area (Å²) < 4.78 is 29.1. The molecule has 0 aromatic heterocycles. The zero-order chi connectivity index (χ0) is 28.4. The lowest BCUT2D eigenvalue weighted by atomic mass is 10.1. The van der Waals surface area contributed by atoms with Crippen LogP contribution in [0.3, 0.4) is 0 Å². The number of sulfonamides is 1. The van der Waals surface area contributed by atoms with Crippen LogP contribution >= 0.6 is 11.6 Å². The Morgan fingerprint density at radius 3 is 2.40 bits per heavy atom. The third-order valence-electron chi connectivity index (χ3n) is 6.67. The van der Waals surface area contributed by atoms with Gasteiger partial charge in [0.1, 0.15) is 6.04 Å². The Balaban J connectivity index is 1.40. The maximum atomic E-state index is 14.1. The number of benzene rings is 4. The molecule has 1 heterocycles. The molecule has 0 unspecified atom stereocenters. The van der Waals surface area contributed by atoms with Crippen LogP contribution < -0.4 is 20.7 Å². The first-order valence-electron chi connectivity index (χ1n) is 12.4. The number of nitrogens with one attached hydrogen (secondary N) is 2. The van der Waals surface area contributed by atoms with E-state index < -0.39 is 40.2 Å². The van der Waals surface area contributed by atoms with Crippen LogP contribution in [0, 0.1) is 0 Å². The van der Waals surface area contributed by atoms with Crippen LogP contribution in [0.4, 0.5) is 11.4 Å². The van der Waals surface area contributed by atoms with Gasteiger partial charge in [-0.05, 0) is 65.2 Å². The van der Waals surface area contributed by atoms with E-state index in [0.29, 0.717) is 12.0 Å². The highest BCUT2D eigenvalue weighted by Gasteiger charge is 2.42. The van der Waals surface area contributed by atoms with Gasteiger partial charge >= 0.3 is 0 Å². The number of nitrogens with zero attached hydrogens (tertiary/aromatic N) is 1. The summed E-state index contributed by atoms with van der Waals surface area (Å²) in [4.78, 5) is 37.4. The van der Waals surface area contributed by atoms with Crippen molar-refractivity contribution in [3.63, 3.8) is 0 Å². The van der Waals surface area contributed by atoms with E-state index in [-0.39, 0.29) is 27.8 Å². The molecule has 3 amide bonds. The summed E-state index contributed by atoms with van der Waals surface area (Å²) in [7, 11) is -4.29. The zero-order valence-corrected chi connectivity index (χ0v) is 22.7. The molecule has 0 spiro atoms. The Kier molecular flexibility index (Phi) is 7.46. The van der Waals surface area contributed by atoms with Crippen molar-refractivity contribution in [1.29, 1.82) is 0 Å². The van der Waals surface area contributed by atoms with Crippen LogP contribution in [-0.2, 0) is 26.0 Å². The Labute approximate surface area is 236 Å². The number of primary amides is 1. The van der Waals surface area contributed by atoms with Crippen molar-refractivity contribution in [1.82, 2.24) is 5.32 Å². The number of fused-ring (bicyclic) bond motifs is 2. The number of carbonyl (C=O) groups excluding carboxylic acids is 3. The van der Waals surface area contributed by atoms with Gasteiger partial charge in [0.05, 0.1) is 22.7 Å². The smallest absolute Gasteiger partial charge is 0.265 e. The van der Waals surface area contributed by atoms with E-state index in [1.807, 2.05) is 12.1 Å². The number of rotatable bonds is 8. The van der Waals surface area contributed by atoms with Gasteiger partial charge in [0.25, 0.3) is 10.0 Å². The first-order chi connectivity index (χ1) is 19.1. The largest absolute Gasteiger partial charge is 0.366 e. The van der Waals surface area contributed by atoms with Gasteiger partial charge in [-0.25, -0.2) is 8.42 Å². The molecule has 1 atom stereocenters. The molecule has 4 aromatic rings. The highest BCUT2D eigenvalue weighted by atomic mass is 35.5. The fourth-order valence-corrected chi connectivity index (χ4v) is 6.45. The summed E-state index contributed by atoms with van der Waals surface area (Å²) >= 11 is 6.22. The summed E-state index contributed by atoms with van der Waals surface area (Å²) in [5, 5.41) is 7.31. The molecule has 204 valence electrons. The van der Waals surface area contributed by atoms with E-state index in [4.69, 9.17) is 17.3 Å². The number of amides is 3. The van der Waals surface area contributed by atoms with Gasteiger partial charge in [0.15, 0.2) is 0 Å². The molecule has 0 saturated carbocycles. The summed E-state index contributed by atoms with van der Waals surface area (Å²) in [5.41, 5.74) is 6.95. The van der Waals surface area contributed by atoms with E-state index in [1.54, 1.807) is 54.6 Å². The summed E-state index contributed by atoms with van der Waals surface area (Å²) in [5.74, 6) is -1.66. The minimum atomic E-state index is -4.29. The van der Waals surface area contributed by atoms with Crippen LogP contribution in [0.5, 0.6) is 0 Å². The van der Waals surface area contributed by atoms with Crippen LogP contribution in [0.2, 0.25) is 5.02 Å². The van der Waals surface area contributed by atoms with Gasteiger partial charge in [-0.2, -0.15) is 0 Å². The van der Waals surface area contributed by atoms with Crippen molar-refractivity contribution in [3.05, 3.63) is 101 Å².